The maximum absolute atomic E-state index is 12.6. The number of alkyl halides is 3. The summed E-state index contributed by atoms with van der Waals surface area (Å²) in [7, 11) is 0. The van der Waals surface area contributed by atoms with E-state index in [4.69, 9.17) is 16.1 Å². The molecule has 146 valence electrons. The van der Waals surface area contributed by atoms with Gasteiger partial charge in [-0.2, -0.15) is 18.2 Å². The Morgan fingerprint density at radius 1 is 1.14 bits per heavy atom. The number of hydrogen-bond donors (Lipinski definition) is 2. The highest BCUT2D eigenvalue weighted by Crippen LogP contribution is 2.30. The third kappa shape index (κ3) is 4.49. The van der Waals surface area contributed by atoms with Gasteiger partial charge < -0.3 is 14.9 Å². The molecule has 3 aromatic rings. The zero-order valence-corrected chi connectivity index (χ0v) is 14.8. The van der Waals surface area contributed by atoms with Gasteiger partial charge in [-0.15, -0.1) is 0 Å². The Bertz CT molecular complexity index is 957. The molecule has 0 aliphatic heterocycles. The van der Waals surface area contributed by atoms with E-state index in [1.54, 1.807) is 12.1 Å². The summed E-state index contributed by atoms with van der Waals surface area (Å²) < 4.78 is 43.0. The van der Waals surface area contributed by atoms with E-state index in [9.17, 15) is 23.1 Å². The first-order valence-electron chi connectivity index (χ1n) is 7.96. The number of amides is 1. The molecule has 1 aromatic heterocycles. The van der Waals surface area contributed by atoms with Crippen LogP contribution in [0.4, 0.5) is 13.2 Å². The Balaban J connectivity index is 1.75. The van der Waals surface area contributed by atoms with Gasteiger partial charge in [0, 0.05) is 16.1 Å². The fourth-order valence-corrected chi connectivity index (χ4v) is 2.46. The first-order valence-corrected chi connectivity index (χ1v) is 8.34. The second-order valence-corrected chi connectivity index (χ2v) is 6.18. The van der Waals surface area contributed by atoms with E-state index in [-0.39, 0.29) is 11.7 Å². The van der Waals surface area contributed by atoms with Crippen LogP contribution < -0.4 is 5.32 Å². The highest BCUT2D eigenvalue weighted by atomic mass is 35.5. The Labute approximate surface area is 161 Å². The molecule has 10 heteroatoms. The molecule has 1 atom stereocenters. The molecule has 0 bridgehead atoms. The number of aliphatic hydroxyl groups is 1. The smallest absolute Gasteiger partial charge is 0.394 e. The van der Waals surface area contributed by atoms with Crippen molar-refractivity contribution in [3.8, 4) is 11.4 Å². The predicted molar refractivity (Wildman–Crippen MR) is 93.5 cm³/mol. The van der Waals surface area contributed by atoms with Crippen LogP contribution >= 0.6 is 11.6 Å². The lowest BCUT2D eigenvalue weighted by atomic mass is 10.1. The minimum atomic E-state index is -4.45. The quantitative estimate of drug-likeness (QED) is 0.665. The van der Waals surface area contributed by atoms with Crippen LogP contribution in [-0.4, -0.2) is 27.8 Å². The van der Waals surface area contributed by atoms with E-state index in [2.05, 4.69) is 15.5 Å². The Morgan fingerprint density at radius 2 is 1.79 bits per heavy atom. The minimum Gasteiger partial charge on any atom is -0.394 e. The standard InChI is InChI=1S/C18H13ClF3N3O3/c19-13-7-3-11(4-8-13)16(27)23-14(9-26)17-24-15(25-28-17)10-1-5-12(6-2-10)18(20,21)22/h1-8,14,26H,9H2,(H,23,27)/t14-/m0/s1. The molecular formula is C18H13ClF3N3O3. The summed E-state index contributed by atoms with van der Waals surface area (Å²) >= 11 is 5.77. The maximum atomic E-state index is 12.6. The SMILES string of the molecule is O=C(N[C@@H](CO)c1nc(-c2ccc(C(F)(F)F)cc2)no1)c1ccc(Cl)cc1. The number of nitrogens with zero attached hydrogens (tertiary/aromatic N) is 2. The number of hydrogen-bond acceptors (Lipinski definition) is 5. The normalized spacial score (nSPS) is 12.6. The molecule has 0 radical (unpaired) electrons. The molecule has 1 heterocycles. The van der Waals surface area contributed by atoms with Crippen molar-refractivity contribution in [2.75, 3.05) is 6.61 Å². The number of carbonyl (C=O) groups excluding carboxylic acids is 1. The van der Waals surface area contributed by atoms with Gasteiger partial charge in [-0.25, -0.2) is 0 Å². The van der Waals surface area contributed by atoms with Crippen LogP contribution in [0.5, 0.6) is 0 Å². The number of aromatic nitrogens is 2. The molecule has 0 spiro atoms. The van der Waals surface area contributed by atoms with Gasteiger partial charge >= 0.3 is 6.18 Å². The van der Waals surface area contributed by atoms with Crippen LogP contribution in [0.15, 0.2) is 53.1 Å². The van der Waals surface area contributed by atoms with Crippen molar-refractivity contribution in [2.45, 2.75) is 12.2 Å². The van der Waals surface area contributed by atoms with Gasteiger partial charge in [0.05, 0.1) is 12.2 Å². The minimum absolute atomic E-state index is 0.0305. The molecule has 0 aliphatic rings. The molecule has 0 fully saturated rings. The molecule has 0 saturated heterocycles. The number of carbonyl (C=O) groups is 1. The molecule has 6 nitrogen and oxygen atoms in total. The fourth-order valence-electron chi connectivity index (χ4n) is 2.33. The molecular weight excluding hydrogens is 399 g/mol. The van der Waals surface area contributed by atoms with Crippen molar-refractivity contribution in [1.29, 1.82) is 0 Å². The lowest BCUT2D eigenvalue weighted by Crippen LogP contribution is -2.31. The molecule has 0 unspecified atom stereocenters. The third-order valence-corrected chi connectivity index (χ3v) is 4.06. The van der Waals surface area contributed by atoms with Crippen molar-refractivity contribution < 1.29 is 27.6 Å². The summed E-state index contributed by atoms with van der Waals surface area (Å²) in [6.45, 7) is -0.520. The van der Waals surface area contributed by atoms with Crippen molar-refractivity contribution in [2.24, 2.45) is 0 Å². The number of halogens is 4. The summed E-state index contributed by atoms with van der Waals surface area (Å²) in [5.41, 5.74) is -0.197. The van der Waals surface area contributed by atoms with Crippen LogP contribution in [0.2, 0.25) is 5.02 Å². The van der Waals surface area contributed by atoms with Gasteiger partial charge in [-0.3, -0.25) is 4.79 Å². The number of nitrogens with one attached hydrogen (secondary N) is 1. The highest BCUT2D eigenvalue weighted by Gasteiger charge is 2.30. The second kappa shape index (κ2) is 7.99. The fraction of sp³-hybridized carbons (Fsp3) is 0.167. The van der Waals surface area contributed by atoms with Crippen molar-refractivity contribution in [3.63, 3.8) is 0 Å². The van der Waals surface area contributed by atoms with Crippen LogP contribution in [0, 0.1) is 0 Å². The monoisotopic (exact) mass is 411 g/mol. The largest absolute Gasteiger partial charge is 0.416 e. The number of aliphatic hydroxyl groups excluding tert-OH is 1. The zero-order chi connectivity index (χ0) is 20.3. The average Bonchev–Trinajstić information content (AvgIpc) is 3.16. The first kappa shape index (κ1) is 19.8. The molecule has 0 saturated carbocycles. The molecule has 1 amide bonds. The van der Waals surface area contributed by atoms with Crippen LogP contribution in [0.1, 0.15) is 27.9 Å². The maximum Gasteiger partial charge on any atom is 0.416 e. The van der Waals surface area contributed by atoms with E-state index >= 15 is 0 Å². The molecule has 2 N–H and O–H groups in total. The summed E-state index contributed by atoms with van der Waals surface area (Å²) in [4.78, 5) is 16.3. The number of rotatable bonds is 5. The Kier molecular flexibility index (Phi) is 5.66. The molecule has 3 rings (SSSR count). The van der Waals surface area contributed by atoms with E-state index in [1.165, 1.54) is 24.3 Å². The lowest BCUT2D eigenvalue weighted by Gasteiger charge is -2.12. The van der Waals surface area contributed by atoms with Crippen LogP contribution in [0.25, 0.3) is 11.4 Å². The van der Waals surface area contributed by atoms with Gasteiger partial charge in [0.15, 0.2) is 0 Å². The predicted octanol–water partition coefficient (Wildman–Crippen LogP) is 3.87. The Morgan fingerprint density at radius 3 is 2.36 bits per heavy atom. The summed E-state index contributed by atoms with van der Waals surface area (Å²) in [6, 6.07) is 9.32. The van der Waals surface area contributed by atoms with Crippen molar-refractivity contribution in [1.82, 2.24) is 15.5 Å². The van der Waals surface area contributed by atoms with Crippen molar-refractivity contribution in [3.05, 3.63) is 70.6 Å². The zero-order valence-electron chi connectivity index (χ0n) is 14.1. The van der Waals surface area contributed by atoms with Gasteiger partial charge in [0.1, 0.15) is 6.04 Å². The van der Waals surface area contributed by atoms with E-state index in [0.29, 0.717) is 16.1 Å². The topological polar surface area (TPSA) is 88.2 Å². The molecule has 28 heavy (non-hydrogen) atoms. The van der Waals surface area contributed by atoms with Crippen LogP contribution in [0.3, 0.4) is 0 Å². The van der Waals surface area contributed by atoms with Crippen LogP contribution in [-0.2, 0) is 6.18 Å². The third-order valence-electron chi connectivity index (χ3n) is 3.80. The molecule has 2 aromatic carbocycles. The Hall–Kier alpha value is -2.91. The van der Waals surface area contributed by atoms with Gasteiger partial charge in [0.2, 0.25) is 5.82 Å². The first-order chi connectivity index (χ1) is 13.3. The van der Waals surface area contributed by atoms with E-state index < -0.39 is 30.3 Å². The lowest BCUT2D eigenvalue weighted by molar-refractivity contribution is -0.137. The number of benzene rings is 2. The van der Waals surface area contributed by atoms with Gasteiger partial charge in [-0.05, 0) is 36.4 Å². The van der Waals surface area contributed by atoms with Gasteiger partial charge in [0.25, 0.3) is 11.8 Å². The summed E-state index contributed by atoms with van der Waals surface area (Å²) in [5.74, 6) is -0.548. The second-order valence-electron chi connectivity index (χ2n) is 5.75. The molecule has 0 aliphatic carbocycles. The highest BCUT2D eigenvalue weighted by molar-refractivity contribution is 6.30. The summed E-state index contributed by atoms with van der Waals surface area (Å²) in [6.07, 6.45) is -4.45. The van der Waals surface area contributed by atoms with Gasteiger partial charge in [-0.1, -0.05) is 28.9 Å². The summed E-state index contributed by atoms with van der Waals surface area (Å²) in [5, 5.41) is 16.2. The average molecular weight is 412 g/mol. The van der Waals surface area contributed by atoms with E-state index in [1.807, 2.05) is 0 Å². The van der Waals surface area contributed by atoms with Crippen molar-refractivity contribution >= 4 is 17.5 Å². The van der Waals surface area contributed by atoms with E-state index in [0.717, 1.165) is 12.1 Å².